The summed E-state index contributed by atoms with van der Waals surface area (Å²) in [5, 5.41) is 9.77. The number of nitrogens with two attached hydrogens (primary N) is 1. The third kappa shape index (κ3) is 1.18. The van der Waals surface area contributed by atoms with E-state index in [1.54, 1.807) is 0 Å². The Balaban J connectivity index is 2.43. The lowest BCUT2D eigenvalue weighted by molar-refractivity contribution is 0.0719. The zero-order chi connectivity index (χ0) is 8.77. The molecule has 0 fully saturated rings. The third-order valence-corrected chi connectivity index (χ3v) is 2.37. The molecule has 1 atom stereocenters. The van der Waals surface area contributed by atoms with Crippen molar-refractivity contribution in [1.29, 1.82) is 0 Å². The van der Waals surface area contributed by atoms with Crippen LogP contribution in [0.2, 0.25) is 0 Å². The number of aliphatic hydroxyl groups is 1. The maximum atomic E-state index is 9.77. The summed E-state index contributed by atoms with van der Waals surface area (Å²) < 4.78 is 0. The predicted molar refractivity (Wildman–Crippen MR) is 48.9 cm³/mol. The lowest BCUT2D eigenvalue weighted by atomic mass is 10.0. The smallest absolute Gasteiger partial charge is 0.0700 e. The Hall–Kier alpha value is -1.02. The maximum Gasteiger partial charge on any atom is 0.0700 e. The SMILES string of the molecule is C[C@]1(O)Cc2ccc(N)cc2C1. The zero-order valence-corrected chi connectivity index (χ0v) is 7.17. The summed E-state index contributed by atoms with van der Waals surface area (Å²) in [4.78, 5) is 0. The van der Waals surface area contributed by atoms with E-state index < -0.39 is 5.60 Å². The molecule has 1 aromatic carbocycles. The highest BCUT2D eigenvalue weighted by Crippen LogP contribution is 2.30. The molecule has 0 radical (unpaired) electrons. The van der Waals surface area contributed by atoms with Gasteiger partial charge in [0.25, 0.3) is 0 Å². The Morgan fingerprint density at radius 3 is 2.75 bits per heavy atom. The van der Waals surface area contributed by atoms with Crippen LogP contribution in [0.5, 0.6) is 0 Å². The van der Waals surface area contributed by atoms with E-state index in [2.05, 4.69) is 0 Å². The first-order valence-corrected chi connectivity index (χ1v) is 4.16. The molecule has 64 valence electrons. The average Bonchev–Trinajstić information content (AvgIpc) is 2.21. The number of hydrogen-bond acceptors (Lipinski definition) is 2. The highest BCUT2D eigenvalue weighted by atomic mass is 16.3. The lowest BCUT2D eigenvalue weighted by Gasteiger charge is -2.13. The van der Waals surface area contributed by atoms with Crippen molar-refractivity contribution < 1.29 is 5.11 Å². The van der Waals surface area contributed by atoms with Crippen LogP contribution in [0.15, 0.2) is 18.2 Å². The van der Waals surface area contributed by atoms with Gasteiger partial charge in [0, 0.05) is 18.5 Å². The second-order valence-corrected chi connectivity index (χ2v) is 3.88. The number of hydrogen-bond donors (Lipinski definition) is 2. The van der Waals surface area contributed by atoms with E-state index in [1.165, 1.54) is 11.1 Å². The molecule has 12 heavy (non-hydrogen) atoms. The van der Waals surface area contributed by atoms with Gasteiger partial charge in [-0.3, -0.25) is 0 Å². The van der Waals surface area contributed by atoms with E-state index >= 15 is 0 Å². The Morgan fingerprint density at radius 1 is 1.33 bits per heavy atom. The van der Waals surface area contributed by atoms with Gasteiger partial charge >= 0.3 is 0 Å². The Morgan fingerprint density at radius 2 is 2.00 bits per heavy atom. The predicted octanol–water partition coefficient (Wildman–Crippen LogP) is 1.12. The highest BCUT2D eigenvalue weighted by molar-refractivity contribution is 5.47. The molecule has 0 aliphatic heterocycles. The molecule has 1 aliphatic carbocycles. The van der Waals surface area contributed by atoms with Crippen molar-refractivity contribution in [3.63, 3.8) is 0 Å². The second-order valence-electron chi connectivity index (χ2n) is 3.88. The van der Waals surface area contributed by atoms with Crippen LogP contribution in [0, 0.1) is 0 Å². The van der Waals surface area contributed by atoms with Crippen LogP contribution in [0.3, 0.4) is 0 Å². The van der Waals surface area contributed by atoms with Crippen LogP contribution >= 0.6 is 0 Å². The van der Waals surface area contributed by atoms with E-state index in [-0.39, 0.29) is 0 Å². The van der Waals surface area contributed by atoms with E-state index in [0.29, 0.717) is 0 Å². The Kier molecular flexibility index (Phi) is 1.42. The minimum atomic E-state index is -0.559. The molecular weight excluding hydrogens is 150 g/mol. The summed E-state index contributed by atoms with van der Waals surface area (Å²) in [7, 11) is 0. The second kappa shape index (κ2) is 2.23. The first-order valence-electron chi connectivity index (χ1n) is 4.16. The quantitative estimate of drug-likeness (QED) is 0.563. The first kappa shape index (κ1) is 7.62. The van der Waals surface area contributed by atoms with Gasteiger partial charge in [0.2, 0.25) is 0 Å². The fraction of sp³-hybridized carbons (Fsp3) is 0.400. The van der Waals surface area contributed by atoms with Crippen molar-refractivity contribution in [1.82, 2.24) is 0 Å². The fourth-order valence-corrected chi connectivity index (χ4v) is 1.87. The number of nitrogen functional groups attached to an aromatic ring is 1. The topological polar surface area (TPSA) is 46.2 Å². The molecule has 0 bridgehead atoms. The highest BCUT2D eigenvalue weighted by Gasteiger charge is 2.29. The molecule has 0 saturated heterocycles. The molecule has 2 rings (SSSR count). The number of fused-ring (bicyclic) bond motifs is 1. The minimum Gasteiger partial charge on any atom is -0.399 e. The van der Waals surface area contributed by atoms with Gasteiger partial charge in [-0.25, -0.2) is 0 Å². The molecule has 0 aromatic heterocycles. The average molecular weight is 163 g/mol. The normalized spacial score (nSPS) is 27.2. The fourth-order valence-electron chi connectivity index (χ4n) is 1.87. The molecule has 0 amide bonds. The van der Waals surface area contributed by atoms with Crippen molar-refractivity contribution in [3.8, 4) is 0 Å². The summed E-state index contributed by atoms with van der Waals surface area (Å²) >= 11 is 0. The van der Waals surface area contributed by atoms with Gasteiger partial charge in [0.05, 0.1) is 5.60 Å². The van der Waals surface area contributed by atoms with Crippen molar-refractivity contribution >= 4 is 5.69 Å². The Bertz CT molecular complexity index is 318. The van der Waals surface area contributed by atoms with E-state index in [4.69, 9.17) is 5.73 Å². The molecule has 1 aliphatic rings. The summed E-state index contributed by atoms with van der Waals surface area (Å²) in [5.41, 5.74) is 8.29. The molecule has 0 spiro atoms. The standard InChI is InChI=1S/C10H13NO/c1-10(12)5-7-2-3-9(11)4-8(7)6-10/h2-4,12H,5-6,11H2,1H3/t10-/m0/s1. The Labute approximate surface area is 72.0 Å². The van der Waals surface area contributed by atoms with Crippen molar-refractivity contribution in [2.75, 3.05) is 5.73 Å². The van der Waals surface area contributed by atoms with Crippen LogP contribution < -0.4 is 5.73 Å². The molecule has 2 heteroatoms. The van der Waals surface area contributed by atoms with Crippen LogP contribution in [-0.2, 0) is 12.8 Å². The monoisotopic (exact) mass is 163 g/mol. The van der Waals surface area contributed by atoms with Crippen LogP contribution in [0.1, 0.15) is 18.1 Å². The molecule has 0 saturated carbocycles. The zero-order valence-electron chi connectivity index (χ0n) is 7.17. The van der Waals surface area contributed by atoms with Gasteiger partial charge in [-0.1, -0.05) is 6.07 Å². The van der Waals surface area contributed by atoms with E-state index in [0.717, 1.165) is 18.5 Å². The third-order valence-electron chi connectivity index (χ3n) is 2.37. The van der Waals surface area contributed by atoms with Gasteiger partial charge in [0.15, 0.2) is 0 Å². The first-order chi connectivity index (χ1) is 5.57. The minimum absolute atomic E-state index is 0.559. The van der Waals surface area contributed by atoms with Gasteiger partial charge in [-0.05, 0) is 30.2 Å². The molecule has 1 aromatic rings. The van der Waals surface area contributed by atoms with E-state index in [1.807, 2.05) is 25.1 Å². The molecular formula is C10H13NO. The lowest BCUT2D eigenvalue weighted by Crippen LogP contribution is -2.23. The summed E-state index contributed by atoms with van der Waals surface area (Å²) in [5.74, 6) is 0. The van der Waals surface area contributed by atoms with Gasteiger partial charge in [-0.15, -0.1) is 0 Å². The summed E-state index contributed by atoms with van der Waals surface area (Å²) in [6.07, 6.45) is 1.48. The van der Waals surface area contributed by atoms with Crippen molar-refractivity contribution in [2.45, 2.75) is 25.4 Å². The van der Waals surface area contributed by atoms with Gasteiger partial charge in [0.1, 0.15) is 0 Å². The van der Waals surface area contributed by atoms with Crippen molar-refractivity contribution in [3.05, 3.63) is 29.3 Å². The van der Waals surface area contributed by atoms with E-state index in [9.17, 15) is 5.11 Å². The molecule has 0 heterocycles. The largest absolute Gasteiger partial charge is 0.399 e. The van der Waals surface area contributed by atoms with Crippen LogP contribution in [0.25, 0.3) is 0 Å². The summed E-state index contributed by atoms with van der Waals surface area (Å²) in [6, 6.07) is 5.85. The number of anilines is 1. The maximum absolute atomic E-state index is 9.77. The van der Waals surface area contributed by atoms with Gasteiger partial charge in [-0.2, -0.15) is 0 Å². The molecule has 2 nitrogen and oxygen atoms in total. The van der Waals surface area contributed by atoms with Gasteiger partial charge < -0.3 is 10.8 Å². The number of rotatable bonds is 0. The number of benzene rings is 1. The summed E-state index contributed by atoms with van der Waals surface area (Å²) in [6.45, 7) is 1.86. The van der Waals surface area contributed by atoms with Crippen LogP contribution in [0.4, 0.5) is 5.69 Å². The molecule has 0 unspecified atom stereocenters. The van der Waals surface area contributed by atoms with Crippen molar-refractivity contribution in [2.24, 2.45) is 0 Å². The van der Waals surface area contributed by atoms with Crippen LogP contribution in [-0.4, -0.2) is 10.7 Å². The molecule has 3 N–H and O–H groups in total.